The van der Waals surface area contributed by atoms with Crippen LogP contribution in [0.3, 0.4) is 0 Å². The Kier molecular flexibility index (Phi) is 7.76. The van der Waals surface area contributed by atoms with Gasteiger partial charge in [0.05, 0.1) is 6.10 Å². The van der Waals surface area contributed by atoms with Crippen molar-refractivity contribution in [2.45, 2.75) is 77.9 Å². The van der Waals surface area contributed by atoms with E-state index in [4.69, 9.17) is 9.47 Å². The molecule has 1 aliphatic rings. The molecule has 1 fully saturated rings. The van der Waals surface area contributed by atoms with E-state index in [1.54, 1.807) is 13.0 Å². The summed E-state index contributed by atoms with van der Waals surface area (Å²) in [5.41, 5.74) is 2.15. The summed E-state index contributed by atoms with van der Waals surface area (Å²) in [6.45, 7) is 16.8. The highest BCUT2D eigenvalue weighted by Crippen LogP contribution is 2.39. The molecule has 2 rings (SSSR count). The number of allylic oxidation sites excluding steroid dienone is 4. The Morgan fingerprint density at radius 1 is 1.17 bits per heavy atom. The highest BCUT2D eigenvalue weighted by Gasteiger charge is 2.31. The van der Waals surface area contributed by atoms with Gasteiger partial charge in [0.1, 0.15) is 23.7 Å². The van der Waals surface area contributed by atoms with Crippen molar-refractivity contribution >= 4 is 0 Å². The first kappa shape index (κ1) is 23.3. The fourth-order valence-electron chi connectivity index (χ4n) is 3.35. The molecule has 0 radical (unpaired) electrons. The number of rotatable bonds is 11. The molecule has 0 bridgehead atoms. The lowest BCUT2D eigenvalue weighted by Gasteiger charge is -2.28. The SMILES string of the molecule is C=C/C(=C\C=C(/C)C(C)(C)c1ccc(OCC(C)O)cc1)OC(C)(C)CC1CC1. The maximum Gasteiger partial charge on any atom is 0.119 e. The third-order valence-electron chi connectivity index (χ3n) is 5.62. The predicted molar refractivity (Wildman–Crippen MR) is 121 cm³/mol. The molecule has 0 saturated heterocycles. The molecule has 1 N–H and O–H groups in total. The summed E-state index contributed by atoms with van der Waals surface area (Å²) < 4.78 is 11.8. The van der Waals surface area contributed by atoms with Crippen molar-refractivity contribution in [2.75, 3.05) is 6.61 Å². The molecular weight excluding hydrogens is 360 g/mol. The van der Waals surface area contributed by atoms with Crippen LogP contribution >= 0.6 is 0 Å². The summed E-state index contributed by atoms with van der Waals surface area (Å²) in [6.07, 6.45) is 9.22. The van der Waals surface area contributed by atoms with Gasteiger partial charge in [-0.3, -0.25) is 0 Å². The predicted octanol–water partition coefficient (Wildman–Crippen LogP) is 6.34. The standard InChI is InChI=1S/C26H38O3/c1-8-23(29-25(4,5)17-21-10-11-21)14-9-19(2)26(6,7)22-12-15-24(16-13-22)28-18-20(3)27/h8-9,12-16,20-21,27H,1,10-11,17-18H2,2-7H3/b19-9+,23-14+. The quantitative estimate of drug-likeness (QED) is 0.349. The Balaban J connectivity index is 2.08. The molecule has 0 amide bonds. The molecule has 0 heterocycles. The second-order valence-corrected chi connectivity index (χ2v) is 9.44. The van der Waals surface area contributed by atoms with E-state index in [2.05, 4.69) is 59.4 Å². The van der Waals surface area contributed by atoms with Crippen LogP contribution in [-0.4, -0.2) is 23.4 Å². The largest absolute Gasteiger partial charge is 0.491 e. The summed E-state index contributed by atoms with van der Waals surface area (Å²) in [6, 6.07) is 8.09. The number of hydrogen-bond acceptors (Lipinski definition) is 3. The van der Waals surface area contributed by atoms with Crippen molar-refractivity contribution in [2.24, 2.45) is 5.92 Å². The van der Waals surface area contributed by atoms with E-state index >= 15 is 0 Å². The molecule has 3 heteroatoms. The summed E-state index contributed by atoms with van der Waals surface area (Å²) in [7, 11) is 0. The number of aliphatic hydroxyl groups is 1. The van der Waals surface area contributed by atoms with Gasteiger partial charge >= 0.3 is 0 Å². The third-order valence-corrected chi connectivity index (χ3v) is 5.62. The van der Waals surface area contributed by atoms with Crippen LogP contribution in [0.25, 0.3) is 0 Å². The number of hydrogen-bond donors (Lipinski definition) is 1. The van der Waals surface area contributed by atoms with Crippen LogP contribution in [0.2, 0.25) is 0 Å². The minimum atomic E-state index is -0.474. The number of ether oxygens (including phenoxy) is 2. The van der Waals surface area contributed by atoms with Crippen molar-refractivity contribution in [3.8, 4) is 5.75 Å². The minimum absolute atomic E-state index is 0.130. The molecule has 1 aromatic carbocycles. The molecule has 3 nitrogen and oxygen atoms in total. The van der Waals surface area contributed by atoms with Crippen molar-refractivity contribution < 1.29 is 14.6 Å². The Morgan fingerprint density at radius 3 is 2.31 bits per heavy atom. The van der Waals surface area contributed by atoms with E-state index in [9.17, 15) is 5.11 Å². The zero-order valence-corrected chi connectivity index (χ0v) is 19.0. The molecular formula is C26H38O3. The van der Waals surface area contributed by atoms with Crippen LogP contribution in [0.4, 0.5) is 0 Å². The van der Waals surface area contributed by atoms with E-state index in [0.717, 1.165) is 23.8 Å². The summed E-state index contributed by atoms with van der Waals surface area (Å²) in [4.78, 5) is 0. The van der Waals surface area contributed by atoms with E-state index in [0.29, 0.717) is 6.61 Å². The molecule has 1 aromatic rings. The third kappa shape index (κ3) is 7.40. The van der Waals surface area contributed by atoms with Crippen LogP contribution in [0.5, 0.6) is 5.75 Å². The van der Waals surface area contributed by atoms with Gasteiger partial charge in [0.15, 0.2) is 0 Å². The highest BCUT2D eigenvalue weighted by molar-refractivity contribution is 5.39. The van der Waals surface area contributed by atoms with Crippen LogP contribution in [0.15, 0.2) is 60.4 Å². The summed E-state index contributed by atoms with van der Waals surface area (Å²) in [5.74, 6) is 2.40. The van der Waals surface area contributed by atoms with Crippen molar-refractivity contribution in [3.05, 3.63) is 66.0 Å². The number of benzene rings is 1. The first-order chi connectivity index (χ1) is 13.5. The van der Waals surface area contributed by atoms with Crippen LogP contribution < -0.4 is 4.74 Å². The average molecular weight is 399 g/mol. The van der Waals surface area contributed by atoms with E-state index in [-0.39, 0.29) is 11.0 Å². The Labute approximate surface area is 177 Å². The van der Waals surface area contributed by atoms with Gasteiger partial charge in [0, 0.05) is 5.41 Å². The van der Waals surface area contributed by atoms with Gasteiger partial charge in [-0.05, 0) is 69.9 Å². The molecule has 0 aromatic heterocycles. The first-order valence-electron chi connectivity index (χ1n) is 10.7. The lowest BCUT2D eigenvalue weighted by molar-refractivity contribution is 0.0295. The van der Waals surface area contributed by atoms with Crippen molar-refractivity contribution in [3.63, 3.8) is 0 Å². The Bertz CT molecular complexity index is 732. The number of aliphatic hydroxyl groups excluding tert-OH is 1. The van der Waals surface area contributed by atoms with Crippen LogP contribution in [-0.2, 0) is 10.2 Å². The molecule has 1 unspecified atom stereocenters. The van der Waals surface area contributed by atoms with Gasteiger partial charge in [-0.25, -0.2) is 0 Å². The van der Waals surface area contributed by atoms with Gasteiger partial charge in [-0.1, -0.05) is 57.0 Å². The van der Waals surface area contributed by atoms with Gasteiger partial charge in [-0.2, -0.15) is 0 Å². The smallest absolute Gasteiger partial charge is 0.119 e. The second kappa shape index (κ2) is 9.67. The molecule has 1 atom stereocenters. The zero-order valence-electron chi connectivity index (χ0n) is 19.0. The lowest BCUT2D eigenvalue weighted by atomic mass is 9.78. The normalized spacial score (nSPS) is 17.1. The maximum absolute atomic E-state index is 9.36. The molecule has 1 aliphatic carbocycles. The topological polar surface area (TPSA) is 38.7 Å². The molecule has 1 saturated carbocycles. The van der Waals surface area contributed by atoms with Gasteiger partial charge < -0.3 is 14.6 Å². The van der Waals surface area contributed by atoms with Gasteiger partial charge in [-0.15, -0.1) is 0 Å². The summed E-state index contributed by atoms with van der Waals surface area (Å²) >= 11 is 0. The Hall–Kier alpha value is -2.00. The fourth-order valence-corrected chi connectivity index (χ4v) is 3.35. The maximum atomic E-state index is 9.36. The summed E-state index contributed by atoms with van der Waals surface area (Å²) in [5, 5.41) is 9.36. The first-order valence-corrected chi connectivity index (χ1v) is 10.7. The van der Waals surface area contributed by atoms with Gasteiger partial charge in [0.25, 0.3) is 0 Å². The van der Waals surface area contributed by atoms with E-state index in [1.165, 1.54) is 24.0 Å². The van der Waals surface area contributed by atoms with E-state index in [1.807, 2.05) is 18.2 Å². The second-order valence-electron chi connectivity index (χ2n) is 9.44. The minimum Gasteiger partial charge on any atom is -0.491 e. The van der Waals surface area contributed by atoms with E-state index < -0.39 is 6.10 Å². The molecule has 0 spiro atoms. The highest BCUT2D eigenvalue weighted by atomic mass is 16.5. The average Bonchev–Trinajstić information content (AvgIpc) is 3.46. The van der Waals surface area contributed by atoms with Crippen molar-refractivity contribution in [1.29, 1.82) is 0 Å². The fraction of sp³-hybridized carbons (Fsp3) is 0.538. The van der Waals surface area contributed by atoms with Crippen LogP contribution in [0, 0.1) is 5.92 Å². The van der Waals surface area contributed by atoms with Crippen LogP contribution in [0.1, 0.15) is 66.4 Å². The molecule has 160 valence electrons. The monoisotopic (exact) mass is 398 g/mol. The zero-order chi connectivity index (χ0) is 21.7. The van der Waals surface area contributed by atoms with Gasteiger partial charge in [0.2, 0.25) is 0 Å². The molecule has 0 aliphatic heterocycles. The molecule has 29 heavy (non-hydrogen) atoms. The lowest BCUT2D eigenvalue weighted by Crippen LogP contribution is -2.24. The Morgan fingerprint density at radius 2 is 1.79 bits per heavy atom. The van der Waals surface area contributed by atoms with Crippen molar-refractivity contribution in [1.82, 2.24) is 0 Å².